The van der Waals surface area contributed by atoms with Crippen LogP contribution < -0.4 is 9.86 Å². The first kappa shape index (κ1) is 16.2. The average molecular weight is 335 g/mol. The largest absolute Gasteiger partial charge is 0.379 e. The van der Waals surface area contributed by atoms with E-state index in [4.69, 9.17) is 9.88 Å². The minimum Gasteiger partial charge on any atom is -0.379 e. The number of anilines is 1. The number of primary sulfonamides is 1. The van der Waals surface area contributed by atoms with Crippen LogP contribution in [0.3, 0.4) is 0 Å². The van der Waals surface area contributed by atoms with Crippen molar-refractivity contribution >= 4 is 25.9 Å². The Kier molecular flexibility index (Phi) is 4.84. The zero-order valence-electron chi connectivity index (χ0n) is 11.2. The number of rotatable bonds is 5. The first-order valence-electron chi connectivity index (χ1n) is 6.21. The maximum absolute atomic E-state index is 12.1. The number of sulfonamides is 1. The van der Waals surface area contributed by atoms with E-state index in [2.05, 4.69) is 4.72 Å². The van der Waals surface area contributed by atoms with Crippen LogP contribution in [-0.4, -0.2) is 47.4 Å². The molecule has 0 aliphatic carbocycles. The van der Waals surface area contributed by atoms with Crippen LogP contribution in [0.5, 0.6) is 0 Å². The molecule has 0 radical (unpaired) electrons. The maximum atomic E-state index is 12.1. The number of nitrogens with two attached hydrogens (primary N) is 1. The maximum Gasteiger partial charge on any atom is 0.301 e. The predicted molar refractivity (Wildman–Crippen MR) is 78.2 cm³/mol. The monoisotopic (exact) mass is 335 g/mol. The van der Waals surface area contributed by atoms with Gasteiger partial charge in [0.25, 0.3) is 0 Å². The molecule has 0 atom stereocenters. The van der Waals surface area contributed by atoms with Crippen molar-refractivity contribution in [2.75, 3.05) is 31.0 Å². The van der Waals surface area contributed by atoms with Gasteiger partial charge < -0.3 is 4.74 Å². The quantitative estimate of drug-likeness (QED) is 0.749. The Bertz CT molecular complexity index is 679. The summed E-state index contributed by atoms with van der Waals surface area (Å²) in [6.45, 7) is 1.35. The van der Waals surface area contributed by atoms with Crippen LogP contribution in [0, 0.1) is 0 Å². The smallest absolute Gasteiger partial charge is 0.301 e. The van der Waals surface area contributed by atoms with Crippen LogP contribution in [0.25, 0.3) is 0 Å². The van der Waals surface area contributed by atoms with Crippen molar-refractivity contribution < 1.29 is 21.6 Å². The standard InChI is InChI=1S/C11H17N3O5S2/c12-20(15,16)9-10-1-3-11(4-2-10)13-21(17,18)14-5-7-19-8-6-14/h1-4,13H,5-9H2,(H2,12,15,16). The molecule has 0 aromatic heterocycles. The Balaban J connectivity index is 2.05. The topological polar surface area (TPSA) is 119 Å². The Labute approximate surface area is 124 Å². The van der Waals surface area contributed by atoms with Crippen LogP contribution in [0.15, 0.2) is 24.3 Å². The summed E-state index contributed by atoms with van der Waals surface area (Å²) >= 11 is 0. The van der Waals surface area contributed by atoms with E-state index in [-0.39, 0.29) is 5.75 Å². The number of nitrogens with zero attached hydrogens (tertiary/aromatic N) is 1. The van der Waals surface area contributed by atoms with E-state index >= 15 is 0 Å². The fraction of sp³-hybridized carbons (Fsp3) is 0.455. The molecule has 1 aromatic rings. The zero-order valence-corrected chi connectivity index (χ0v) is 12.9. The van der Waals surface area contributed by atoms with E-state index < -0.39 is 20.2 Å². The zero-order chi connectivity index (χ0) is 15.5. The summed E-state index contributed by atoms with van der Waals surface area (Å²) in [5.74, 6) is -0.288. The van der Waals surface area contributed by atoms with E-state index in [1.54, 1.807) is 0 Å². The summed E-state index contributed by atoms with van der Waals surface area (Å²) in [6, 6.07) is 6.03. The third kappa shape index (κ3) is 4.93. The van der Waals surface area contributed by atoms with Gasteiger partial charge in [-0.15, -0.1) is 0 Å². The molecule has 1 heterocycles. The fourth-order valence-electron chi connectivity index (χ4n) is 1.90. The molecule has 21 heavy (non-hydrogen) atoms. The summed E-state index contributed by atoms with van der Waals surface area (Å²) in [5, 5.41) is 4.95. The van der Waals surface area contributed by atoms with Gasteiger partial charge in [-0.05, 0) is 17.7 Å². The van der Waals surface area contributed by atoms with Crippen molar-refractivity contribution in [3.63, 3.8) is 0 Å². The lowest BCUT2D eigenvalue weighted by molar-refractivity contribution is 0.0733. The number of hydrogen-bond acceptors (Lipinski definition) is 5. The summed E-state index contributed by atoms with van der Waals surface area (Å²) in [4.78, 5) is 0. The Morgan fingerprint density at radius 3 is 2.19 bits per heavy atom. The molecule has 0 unspecified atom stereocenters. The van der Waals surface area contributed by atoms with E-state index in [1.807, 2.05) is 0 Å². The highest BCUT2D eigenvalue weighted by molar-refractivity contribution is 7.90. The van der Waals surface area contributed by atoms with Crippen molar-refractivity contribution in [3.05, 3.63) is 29.8 Å². The Morgan fingerprint density at radius 2 is 1.67 bits per heavy atom. The van der Waals surface area contributed by atoms with Crippen molar-refractivity contribution in [3.8, 4) is 0 Å². The third-order valence-electron chi connectivity index (χ3n) is 2.88. The van der Waals surface area contributed by atoms with Crippen LogP contribution in [0.1, 0.15) is 5.56 Å². The highest BCUT2D eigenvalue weighted by Crippen LogP contribution is 2.15. The van der Waals surface area contributed by atoms with E-state index in [1.165, 1.54) is 28.6 Å². The summed E-state index contributed by atoms with van der Waals surface area (Å²) < 4.78 is 55.0. The third-order valence-corrected chi connectivity index (χ3v) is 5.15. The molecular formula is C11H17N3O5S2. The molecule has 3 N–H and O–H groups in total. The highest BCUT2D eigenvalue weighted by Gasteiger charge is 2.24. The molecule has 1 aliphatic heterocycles. The first-order chi connectivity index (χ1) is 9.76. The molecule has 8 nitrogen and oxygen atoms in total. The fourth-order valence-corrected chi connectivity index (χ4v) is 3.75. The number of morpholine rings is 1. The van der Waals surface area contributed by atoms with Crippen molar-refractivity contribution in [2.45, 2.75) is 5.75 Å². The summed E-state index contributed by atoms with van der Waals surface area (Å²) in [7, 11) is -7.23. The molecule has 1 aromatic carbocycles. The van der Waals surface area contributed by atoms with Gasteiger partial charge in [0.1, 0.15) is 0 Å². The molecule has 0 bridgehead atoms. The minimum atomic E-state index is -3.62. The SMILES string of the molecule is NS(=O)(=O)Cc1ccc(NS(=O)(=O)N2CCOCC2)cc1. The van der Waals surface area contributed by atoms with Crippen molar-refractivity contribution in [1.29, 1.82) is 0 Å². The number of benzene rings is 1. The van der Waals surface area contributed by atoms with Gasteiger partial charge in [0.2, 0.25) is 10.0 Å². The van der Waals surface area contributed by atoms with Gasteiger partial charge >= 0.3 is 10.2 Å². The second-order valence-corrected chi connectivity index (χ2v) is 7.91. The number of nitrogens with one attached hydrogen (secondary N) is 1. The van der Waals surface area contributed by atoms with Gasteiger partial charge in [-0.1, -0.05) is 12.1 Å². The summed E-state index contributed by atoms with van der Waals surface area (Å²) in [6.07, 6.45) is 0. The van der Waals surface area contributed by atoms with Crippen molar-refractivity contribution in [2.24, 2.45) is 5.14 Å². The highest BCUT2D eigenvalue weighted by atomic mass is 32.2. The van der Waals surface area contributed by atoms with Gasteiger partial charge in [0.05, 0.1) is 19.0 Å². The summed E-state index contributed by atoms with van der Waals surface area (Å²) in [5.41, 5.74) is 0.853. The van der Waals surface area contributed by atoms with Gasteiger partial charge in [-0.2, -0.15) is 12.7 Å². The lowest BCUT2D eigenvalue weighted by atomic mass is 10.2. The van der Waals surface area contributed by atoms with Gasteiger partial charge in [-0.25, -0.2) is 13.6 Å². The van der Waals surface area contributed by atoms with Crippen molar-refractivity contribution in [1.82, 2.24) is 4.31 Å². The molecule has 0 saturated carbocycles. The molecule has 118 valence electrons. The lowest BCUT2D eigenvalue weighted by Crippen LogP contribution is -2.43. The number of hydrogen-bond donors (Lipinski definition) is 2. The molecule has 1 aliphatic rings. The average Bonchev–Trinajstić information content (AvgIpc) is 2.40. The van der Waals surface area contributed by atoms with Gasteiger partial charge in [0, 0.05) is 18.8 Å². The predicted octanol–water partition coefficient (Wildman–Crippen LogP) is -0.536. The number of ether oxygens (including phenoxy) is 1. The molecule has 2 rings (SSSR count). The van der Waals surface area contributed by atoms with Gasteiger partial charge in [-0.3, -0.25) is 4.72 Å². The minimum absolute atomic E-state index is 0.288. The Morgan fingerprint density at radius 1 is 1.10 bits per heavy atom. The van der Waals surface area contributed by atoms with Gasteiger partial charge in [0.15, 0.2) is 0 Å². The van der Waals surface area contributed by atoms with Crippen LogP contribution in [0.2, 0.25) is 0 Å². The van der Waals surface area contributed by atoms with Crippen LogP contribution in [-0.2, 0) is 30.7 Å². The van der Waals surface area contributed by atoms with E-state index in [0.717, 1.165) is 0 Å². The van der Waals surface area contributed by atoms with Crippen LogP contribution in [0.4, 0.5) is 5.69 Å². The molecular weight excluding hydrogens is 318 g/mol. The second-order valence-electron chi connectivity index (χ2n) is 4.62. The Hall–Kier alpha value is -1.20. The normalized spacial score (nSPS) is 17.6. The second kappa shape index (κ2) is 6.28. The first-order valence-corrected chi connectivity index (χ1v) is 9.37. The lowest BCUT2D eigenvalue weighted by Gasteiger charge is -2.26. The van der Waals surface area contributed by atoms with E-state index in [9.17, 15) is 16.8 Å². The van der Waals surface area contributed by atoms with Crippen LogP contribution >= 0.6 is 0 Å². The molecule has 0 spiro atoms. The molecule has 10 heteroatoms. The molecule has 1 saturated heterocycles. The molecule has 1 fully saturated rings. The molecule has 0 amide bonds. The van der Waals surface area contributed by atoms with E-state index in [0.29, 0.717) is 37.6 Å².